The summed E-state index contributed by atoms with van der Waals surface area (Å²) in [6, 6.07) is -0.670. The van der Waals surface area contributed by atoms with Crippen molar-refractivity contribution < 1.29 is 29.6 Å². The van der Waals surface area contributed by atoms with Gasteiger partial charge in [-0.1, -0.05) is 65.0 Å². The Morgan fingerprint density at radius 3 is 2.50 bits per heavy atom. The Morgan fingerprint density at radius 2 is 1.86 bits per heavy atom. The highest BCUT2D eigenvalue weighted by Gasteiger charge is 2.83. The number of Topliss-reactive ketones (excluding diaryl/α,β-unsaturated/α-hetero) is 1. The monoisotopic (exact) mass is 501 g/mol. The van der Waals surface area contributed by atoms with Crippen LogP contribution in [-0.2, 0) is 14.3 Å². The summed E-state index contributed by atoms with van der Waals surface area (Å²) in [5.41, 5.74) is 2.91. The quantitative estimate of drug-likeness (QED) is 0.337. The third-order valence-electron chi connectivity index (χ3n) is 10.8. The molecule has 0 aromatic rings. The number of ether oxygens (including phenoxy) is 1. The summed E-state index contributed by atoms with van der Waals surface area (Å²) in [5.74, 6) is -2.18. The molecule has 8 atom stereocenters. The van der Waals surface area contributed by atoms with E-state index in [1.165, 1.54) is 19.3 Å². The van der Waals surface area contributed by atoms with E-state index in [1.54, 1.807) is 13.0 Å². The van der Waals surface area contributed by atoms with Gasteiger partial charge in [-0.25, -0.2) is 0 Å². The van der Waals surface area contributed by atoms with Crippen LogP contribution < -0.4 is 5.73 Å². The topological polar surface area (TPSA) is 130 Å². The highest BCUT2D eigenvalue weighted by Crippen LogP contribution is 2.76. The van der Waals surface area contributed by atoms with Gasteiger partial charge in [-0.15, -0.1) is 0 Å². The van der Waals surface area contributed by atoms with E-state index in [0.717, 1.165) is 12.8 Å². The van der Waals surface area contributed by atoms with Gasteiger partial charge >= 0.3 is 5.97 Å². The maximum atomic E-state index is 13.3. The number of aliphatic hydroxyl groups excluding tert-OH is 1. The average Bonchev–Trinajstić information content (AvgIpc) is 3.23. The lowest BCUT2D eigenvalue weighted by Gasteiger charge is -2.50. The SMILES string of the molecule is CC1=C[C@H]2[C@@]3(O)[C@H](C)C[C@]4(OC(=O)[C@@H](N)CC5CCCCC5)[C@@H]([C@@H]3C=C(CO)C[C@]2(O)C1=O)C4(C)C. The maximum absolute atomic E-state index is 13.3. The number of hydrogen-bond donors (Lipinski definition) is 4. The second kappa shape index (κ2) is 8.48. The van der Waals surface area contributed by atoms with Crippen molar-refractivity contribution in [3.8, 4) is 0 Å². The van der Waals surface area contributed by atoms with Crippen LogP contribution in [0.3, 0.4) is 0 Å². The average molecular weight is 502 g/mol. The molecule has 0 heterocycles. The van der Waals surface area contributed by atoms with Crippen LogP contribution in [-0.4, -0.2) is 56.5 Å². The molecule has 5 aliphatic rings. The number of nitrogens with two attached hydrogens (primary N) is 1. The number of aliphatic hydroxyl groups is 3. The molecule has 200 valence electrons. The van der Waals surface area contributed by atoms with E-state index in [-0.39, 0.29) is 36.6 Å². The molecule has 7 nitrogen and oxygen atoms in total. The maximum Gasteiger partial charge on any atom is 0.323 e. The number of rotatable bonds is 5. The molecule has 36 heavy (non-hydrogen) atoms. The van der Waals surface area contributed by atoms with E-state index in [4.69, 9.17) is 10.5 Å². The summed E-state index contributed by atoms with van der Waals surface area (Å²) in [6.45, 7) is 7.39. The van der Waals surface area contributed by atoms with Crippen LogP contribution >= 0.6 is 0 Å². The summed E-state index contributed by atoms with van der Waals surface area (Å²) in [4.78, 5) is 26.3. The van der Waals surface area contributed by atoms with Gasteiger partial charge in [-0.05, 0) is 42.7 Å². The minimum absolute atomic E-state index is 0.0153. The molecular formula is C29H43NO6. The Balaban J connectivity index is 1.46. The Morgan fingerprint density at radius 1 is 1.19 bits per heavy atom. The number of carbonyl (C=O) groups is 2. The normalized spacial score (nSPS) is 44.4. The third kappa shape index (κ3) is 3.45. The Kier molecular flexibility index (Phi) is 6.15. The molecule has 0 radical (unpaired) electrons. The van der Waals surface area contributed by atoms with Gasteiger partial charge in [0.15, 0.2) is 5.78 Å². The Hall–Kier alpha value is -1.54. The molecular weight excluding hydrogens is 458 g/mol. The molecule has 3 saturated carbocycles. The predicted molar refractivity (Wildman–Crippen MR) is 134 cm³/mol. The Bertz CT molecular complexity index is 1010. The van der Waals surface area contributed by atoms with Crippen LogP contribution in [0.25, 0.3) is 0 Å². The minimum Gasteiger partial charge on any atom is -0.457 e. The fourth-order valence-corrected chi connectivity index (χ4v) is 8.73. The lowest BCUT2D eigenvalue weighted by Crippen LogP contribution is -2.61. The molecule has 0 aromatic heterocycles. The zero-order chi connectivity index (χ0) is 26.3. The number of ketones is 1. The number of esters is 1. The number of carbonyl (C=O) groups excluding carboxylic acids is 2. The summed E-state index contributed by atoms with van der Waals surface area (Å²) in [5, 5.41) is 34.1. The molecule has 0 saturated heterocycles. The second-order valence-electron chi connectivity index (χ2n) is 13.1. The highest BCUT2D eigenvalue weighted by atomic mass is 16.6. The summed E-state index contributed by atoms with van der Waals surface area (Å²) >= 11 is 0. The lowest BCUT2D eigenvalue weighted by molar-refractivity contribution is -0.188. The van der Waals surface area contributed by atoms with Crippen molar-refractivity contribution in [3.05, 3.63) is 23.3 Å². The van der Waals surface area contributed by atoms with Crippen LogP contribution in [0.5, 0.6) is 0 Å². The third-order valence-corrected chi connectivity index (χ3v) is 10.8. The van der Waals surface area contributed by atoms with Gasteiger partial charge in [0.2, 0.25) is 0 Å². The fraction of sp³-hybridized carbons (Fsp3) is 0.793. The molecule has 0 unspecified atom stereocenters. The van der Waals surface area contributed by atoms with Crippen molar-refractivity contribution in [1.82, 2.24) is 0 Å². The zero-order valence-electron chi connectivity index (χ0n) is 22.1. The first kappa shape index (κ1) is 26.1. The molecule has 7 heteroatoms. The van der Waals surface area contributed by atoms with Gasteiger partial charge in [-0.3, -0.25) is 9.59 Å². The standard InChI is InChI=1S/C29H43NO6/c1-16-10-22-27(34,24(16)32)14-19(15-31)11-20-23-26(3,4)28(23,13-17(2)29(20,22)35)36-25(33)21(30)12-18-8-6-5-7-9-18/h10-11,17-18,20-23,31,34-35H,5-9,12-15,30H2,1-4H3/t17-,20+,21+,22-,23+,27-,28+,29-/m1/s1. The van der Waals surface area contributed by atoms with Gasteiger partial charge in [0.05, 0.1) is 12.2 Å². The van der Waals surface area contributed by atoms with E-state index in [1.807, 2.05) is 13.0 Å². The molecule has 0 aliphatic heterocycles. The highest BCUT2D eigenvalue weighted by molar-refractivity contribution is 6.04. The van der Waals surface area contributed by atoms with E-state index < -0.39 is 40.1 Å². The van der Waals surface area contributed by atoms with E-state index in [9.17, 15) is 24.9 Å². The summed E-state index contributed by atoms with van der Waals surface area (Å²) < 4.78 is 6.31. The minimum atomic E-state index is -1.78. The fourth-order valence-electron chi connectivity index (χ4n) is 8.73. The van der Waals surface area contributed by atoms with E-state index in [2.05, 4.69) is 13.8 Å². The largest absolute Gasteiger partial charge is 0.457 e. The predicted octanol–water partition coefficient (Wildman–Crippen LogP) is 2.81. The van der Waals surface area contributed by atoms with Crippen molar-refractivity contribution in [1.29, 1.82) is 0 Å². The molecule has 0 spiro atoms. The van der Waals surface area contributed by atoms with Crippen LogP contribution in [0.4, 0.5) is 0 Å². The summed E-state index contributed by atoms with van der Waals surface area (Å²) in [6.07, 6.45) is 10.5. The van der Waals surface area contributed by atoms with Crippen molar-refractivity contribution in [2.75, 3.05) is 6.61 Å². The van der Waals surface area contributed by atoms with Crippen molar-refractivity contribution in [3.63, 3.8) is 0 Å². The smallest absolute Gasteiger partial charge is 0.323 e. The first-order valence-electron chi connectivity index (χ1n) is 13.8. The summed E-state index contributed by atoms with van der Waals surface area (Å²) in [7, 11) is 0. The zero-order valence-corrected chi connectivity index (χ0v) is 22.1. The van der Waals surface area contributed by atoms with Crippen LogP contribution in [0.2, 0.25) is 0 Å². The van der Waals surface area contributed by atoms with Gasteiger partial charge < -0.3 is 25.8 Å². The molecule has 5 N–H and O–H groups in total. The lowest BCUT2D eigenvalue weighted by atomic mass is 9.60. The number of fused-ring (bicyclic) bond motifs is 5. The van der Waals surface area contributed by atoms with Gasteiger partial charge in [-0.2, -0.15) is 0 Å². The van der Waals surface area contributed by atoms with Gasteiger partial charge in [0.1, 0.15) is 17.2 Å². The molecule has 0 aromatic carbocycles. The van der Waals surface area contributed by atoms with Gasteiger partial charge in [0, 0.05) is 29.6 Å². The van der Waals surface area contributed by atoms with Crippen molar-refractivity contribution in [2.24, 2.45) is 40.7 Å². The number of hydrogen-bond acceptors (Lipinski definition) is 7. The molecule has 3 fully saturated rings. The Labute approximate surface area is 214 Å². The first-order valence-corrected chi connectivity index (χ1v) is 13.8. The molecule has 0 amide bonds. The van der Waals surface area contributed by atoms with E-state index >= 15 is 0 Å². The van der Waals surface area contributed by atoms with Crippen LogP contribution in [0, 0.1) is 35.0 Å². The molecule has 5 aliphatic carbocycles. The first-order chi connectivity index (χ1) is 16.8. The van der Waals surface area contributed by atoms with E-state index in [0.29, 0.717) is 29.9 Å². The van der Waals surface area contributed by atoms with Crippen LogP contribution in [0.1, 0.15) is 79.1 Å². The molecule has 5 rings (SSSR count). The second-order valence-corrected chi connectivity index (χ2v) is 13.1. The van der Waals surface area contributed by atoms with Crippen molar-refractivity contribution in [2.45, 2.75) is 102 Å². The van der Waals surface area contributed by atoms with Gasteiger partial charge in [0.25, 0.3) is 0 Å². The molecule has 0 bridgehead atoms. The van der Waals surface area contributed by atoms with Crippen molar-refractivity contribution >= 4 is 11.8 Å². The van der Waals surface area contributed by atoms with Crippen LogP contribution in [0.15, 0.2) is 23.3 Å².